The SMILES string of the molecule is CSc1ncc(C=O)c(N2CCN(C)CC2)n1. The average Bonchev–Trinajstić information content (AvgIpc) is 2.39. The molecular weight excluding hydrogens is 236 g/mol. The van der Waals surface area contributed by atoms with Crippen molar-refractivity contribution in [1.29, 1.82) is 0 Å². The third-order valence-corrected chi connectivity index (χ3v) is 3.45. The Kier molecular flexibility index (Phi) is 3.96. The number of hydrogen-bond acceptors (Lipinski definition) is 6. The van der Waals surface area contributed by atoms with Crippen LogP contribution < -0.4 is 4.90 Å². The number of aromatic nitrogens is 2. The van der Waals surface area contributed by atoms with Crippen LogP contribution in [0.5, 0.6) is 0 Å². The van der Waals surface area contributed by atoms with Gasteiger partial charge in [0.05, 0.1) is 5.56 Å². The molecule has 0 aliphatic carbocycles. The van der Waals surface area contributed by atoms with Crippen LogP contribution in [0.1, 0.15) is 10.4 Å². The normalized spacial score (nSPS) is 17.2. The van der Waals surface area contributed by atoms with Gasteiger partial charge in [-0.3, -0.25) is 4.79 Å². The molecular formula is C11H16N4OS. The van der Waals surface area contributed by atoms with E-state index in [0.717, 1.165) is 38.3 Å². The third kappa shape index (κ3) is 2.76. The Morgan fingerprint density at radius 1 is 1.35 bits per heavy atom. The van der Waals surface area contributed by atoms with E-state index in [0.29, 0.717) is 10.7 Å². The number of hydrogen-bond donors (Lipinski definition) is 0. The first-order chi connectivity index (χ1) is 8.24. The average molecular weight is 252 g/mol. The van der Waals surface area contributed by atoms with Crippen molar-refractivity contribution < 1.29 is 4.79 Å². The van der Waals surface area contributed by atoms with Gasteiger partial charge in [0.1, 0.15) is 5.82 Å². The van der Waals surface area contributed by atoms with E-state index in [1.54, 1.807) is 6.20 Å². The second-order valence-electron chi connectivity index (χ2n) is 4.04. The van der Waals surface area contributed by atoms with Gasteiger partial charge in [-0.25, -0.2) is 9.97 Å². The zero-order chi connectivity index (χ0) is 12.3. The van der Waals surface area contributed by atoms with Crippen LogP contribution in [0.15, 0.2) is 11.4 Å². The van der Waals surface area contributed by atoms with Crippen LogP contribution in [0.25, 0.3) is 0 Å². The van der Waals surface area contributed by atoms with Crippen molar-refractivity contribution in [2.24, 2.45) is 0 Å². The Labute approximate surface area is 105 Å². The zero-order valence-corrected chi connectivity index (χ0v) is 10.9. The van der Waals surface area contributed by atoms with Gasteiger partial charge in [-0.05, 0) is 13.3 Å². The smallest absolute Gasteiger partial charge is 0.189 e. The summed E-state index contributed by atoms with van der Waals surface area (Å²) in [5, 5.41) is 0.713. The van der Waals surface area contributed by atoms with Crippen LogP contribution >= 0.6 is 11.8 Å². The van der Waals surface area contributed by atoms with E-state index in [1.807, 2.05) is 6.26 Å². The summed E-state index contributed by atoms with van der Waals surface area (Å²) in [4.78, 5) is 24.0. The Morgan fingerprint density at radius 3 is 2.65 bits per heavy atom. The number of aldehydes is 1. The maximum absolute atomic E-state index is 11.0. The summed E-state index contributed by atoms with van der Waals surface area (Å²) in [7, 11) is 2.10. The number of thioether (sulfide) groups is 1. The lowest BCUT2D eigenvalue weighted by molar-refractivity contribution is 0.112. The van der Waals surface area contributed by atoms with Crippen LogP contribution in [-0.4, -0.2) is 60.6 Å². The molecule has 0 unspecified atom stereocenters. The van der Waals surface area contributed by atoms with Crippen LogP contribution in [0.2, 0.25) is 0 Å². The summed E-state index contributed by atoms with van der Waals surface area (Å²) in [6, 6.07) is 0. The minimum absolute atomic E-state index is 0.576. The molecule has 17 heavy (non-hydrogen) atoms. The van der Waals surface area contributed by atoms with Gasteiger partial charge in [-0.1, -0.05) is 11.8 Å². The highest BCUT2D eigenvalue weighted by Crippen LogP contribution is 2.20. The van der Waals surface area contributed by atoms with Gasteiger partial charge in [0.15, 0.2) is 11.4 Å². The first-order valence-corrected chi connectivity index (χ1v) is 6.76. The lowest BCUT2D eigenvalue weighted by Gasteiger charge is -2.33. The van der Waals surface area contributed by atoms with E-state index in [4.69, 9.17) is 0 Å². The van der Waals surface area contributed by atoms with Gasteiger partial charge in [0, 0.05) is 32.4 Å². The fourth-order valence-electron chi connectivity index (χ4n) is 1.82. The van der Waals surface area contributed by atoms with E-state index < -0.39 is 0 Å². The highest BCUT2D eigenvalue weighted by atomic mass is 32.2. The number of nitrogens with zero attached hydrogens (tertiary/aromatic N) is 4. The monoisotopic (exact) mass is 252 g/mol. The van der Waals surface area contributed by atoms with Gasteiger partial charge in [0.2, 0.25) is 0 Å². The van der Waals surface area contributed by atoms with Crippen LogP contribution in [0.3, 0.4) is 0 Å². The fraction of sp³-hybridized carbons (Fsp3) is 0.545. The van der Waals surface area contributed by atoms with Crippen LogP contribution in [0.4, 0.5) is 5.82 Å². The summed E-state index contributed by atoms with van der Waals surface area (Å²) >= 11 is 1.49. The minimum Gasteiger partial charge on any atom is -0.353 e. The molecule has 1 aliphatic heterocycles. The highest BCUT2D eigenvalue weighted by molar-refractivity contribution is 7.98. The van der Waals surface area contributed by atoms with Crippen molar-refractivity contribution in [2.75, 3.05) is 44.4 Å². The zero-order valence-electron chi connectivity index (χ0n) is 10.1. The minimum atomic E-state index is 0.576. The predicted octanol–water partition coefficient (Wildman–Crippen LogP) is 0.763. The molecule has 0 spiro atoms. The molecule has 1 aromatic rings. The van der Waals surface area contributed by atoms with Gasteiger partial charge < -0.3 is 9.80 Å². The van der Waals surface area contributed by atoms with Crippen LogP contribution in [-0.2, 0) is 0 Å². The molecule has 1 fully saturated rings. The van der Waals surface area contributed by atoms with Gasteiger partial charge in [0.25, 0.3) is 0 Å². The Balaban J connectivity index is 2.26. The Morgan fingerprint density at radius 2 is 2.06 bits per heavy atom. The molecule has 5 nitrogen and oxygen atoms in total. The maximum atomic E-state index is 11.0. The van der Waals surface area contributed by atoms with E-state index in [9.17, 15) is 4.79 Å². The molecule has 0 N–H and O–H groups in total. The summed E-state index contributed by atoms with van der Waals surface area (Å²) in [5.74, 6) is 0.771. The molecule has 2 rings (SSSR count). The molecule has 0 atom stereocenters. The third-order valence-electron chi connectivity index (χ3n) is 2.89. The van der Waals surface area contributed by atoms with Gasteiger partial charge in [-0.15, -0.1) is 0 Å². The van der Waals surface area contributed by atoms with Crippen molar-refractivity contribution in [3.05, 3.63) is 11.8 Å². The molecule has 0 radical (unpaired) electrons. The second kappa shape index (κ2) is 5.46. The van der Waals surface area contributed by atoms with E-state index in [1.165, 1.54) is 11.8 Å². The molecule has 1 saturated heterocycles. The standard InChI is InChI=1S/C11H16N4OS/c1-14-3-5-15(6-4-14)10-9(8-16)7-12-11(13-10)17-2/h7-8H,3-6H2,1-2H3. The highest BCUT2D eigenvalue weighted by Gasteiger charge is 2.18. The van der Waals surface area contributed by atoms with Crippen molar-refractivity contribution in [1.82, 2.24) is 14.9 Å². The Bertz CT molecular complexity index is 404. The van der Waals surface area contributed by atoms with Gasteiger partial charge >= 0.3 is 0 Å². The quantitative estimate of drug-likeness (QED) is 0.450. The van der Waals surface area contributed by atoms with E-state index >= 15 is 0 Å². The maximum Gasteiger partial charge on any atom is 0.189 e. The summed E-state index contributed by atoms with van der Waals surface area (Å²) in [6.45, 7) is 3.80. The molecule has 1 aliphatic rings. The van der Waals surface area contributed by atoms with Crippen molar-refractivity contribution in [3.8, 4) is 0 Å². The number of carbonyl (C=O) groups is 1. The number of carbonyl (C=O) groups excluding carboxylic acids is 1. The number of likely N-dealkylation sites (N-methyl/N-ethyl adjacent to an activating group) is 1. The molecule has 0 amide bonds. The fourth-order valence-corrected chi connectivity index (χ4v) is 2.16. The molecule has 92 valence electrons. The second-order valence-corrected chi connectivity index (χ2v) is 4.82. The van der Waals surface area contributed by atoms with E-state index in [-0.39, 0.29) is 0 Å². The topological polar surface area (TPSA) is 49.3 Å². The van der Waals surface area contributed by atoms with Gasteiger partial charge in [-0.2, -0.15) is 0 Å². The lowest BCUT2D eigenvalue weighted by atomic mass is 10.2. The van der Waals surface area contributed by atoms with Crippen molar-refractivity contribution in [2.45, 2.75) is 5.16 Å². The summed E-state index contributed by atoms with van der Waals surface area (Å²) in [5.41, 5.74) is 0.576. The van der Waals surface area contributed by atoms with E-state index in [2.05, 4.69) is 26.8 Å². The van der Waals surface area contributed by atoms with Crippen molar-refractivity contribution in [3.63, 3.8) is 0 Å². The molecule has 2 heterocycles. The molecule has 0 aromatic carbocycles. The van der Waals surface area contributed by atoms with Crippen molar-refractivity contribution >= 4 is 23.9 Å². The first kappa shape index (κ1) is 12.3. The number of piperazine rings is 1. The number of anilines is 1. The lowest BCUT2D eigenvalue weighted by Crippen LogP contribution is -2.45. The Hall–Kier alpha value is -1.14. The summed E-state index contributed by atoms with van der Waals surface area (Å²) in [6.07, 6.45) is 4.38. The summed E-state index contributed by atoms with van der Waals surface area (Å²) < 4.78 is 0. The predicted molar refractivity (Wildman–Crippen MR) is 68.9 cm³/mol. The van der Waals surface area contributed by atoms with Crippen LogP contribution in [0, 0.1) is 0 Å². The largest absolute Gasteiger partial charge is 0.353 e. The molecule has 1 aromatic heterocycles. The molecule has 0 bridgehead atoms. The molecule has 0 saturated carbocycles. The molecule has 6 heteroatoms. The number of rotatable bonds is 3. The first-order valence-electron chi connectivity index (χ1n) is 5.54.